The monoisotopic (exact) mass is 402 g/mol. The summed E-state index contributed by atoms with van der Waals surface area (Å²) in [5.41, 5.74) is 4.19. The molecule has 1 heterocycles. The highest BCUT2D eigenvalue weighted by atomic mass is 32.2. The van der Waals surface area contributed by atoms with Crippen molar-refractivity contribution in [2.45, 2.75) is 37.6 Å². The van der Waals surface area contributed by atoms with E-state index in [9.17, 15) is 8.42 Å². The van der Waals surface area contributed by atoms with Gasteiger partial charge < -0.3 is 9.80 Å². The Morgan fingerprint density at radius 3 is 2.25 bits per heavy atom. The molecule has 1 aliphatic rings. The summed E-state index contributed by atoms with van der Waals surface area (Å²) in [7, 11) is 0.515. The summed E-state index contributed by atoms with van der Waals surface area (Å²) in [6.45, 7) is 6.41. The number of likely N-dealkylation sites (tertiary alicyclic amines) is 1. The van der Waals surface area contributed by atoms with E-state index in [1.54, 1.807) is 6.07 Å². The molecule has 1 aliphatic heterocycles. The zero-order chi connectivity index (χ0) is 20.3. The van der Waals surface area contributed by atoms with E-state index < -0.39 is 10.0 Å². The van der Waals surface area contributed by atoms with Crippen molar-refractivity contribution >= 4 is 15.7 Å². The summed E-state index contributed by atoms with van der Waals surface area (Å²) in [5.74, 6) is 0. The number of hydrogen-bond donors (Lipinski definition) is 2. The minimum atomic E-state index is -3.53. The largest absolute Gasteiger partial charge is 0.378 e. The first kappa shape index (κ1) is 20.8. The number of nitrogens with zero attached hydrogens (tertiary/aromatic N) is 1. The van der Waals surface area contributed by atoms with Crippen LogP contribution in [0.3, 0.4) is 0 Å². The molecular formula is C22H32N3O2S+. The molecule has 0 aromatic heterocycles. The summed E-state index contributed by atoms with van der Waals surface area (Å²) in [6.07, 6.45) is 2.40. The van der Waals surface area contributed by atoms with Gasteiger partial charge in [-0.15, -0.1) is 0 Å². The number of rotatable bonds is 7. The van der Waals surface area contributed by atoms with Crippen molar-refractivity contribution in [3.63, 3.8) is 0 Å². The predicted molar refractivity (Wildman–Crippen MR) is 115 cm³/mol. The molecule has 2 aromatic carbocycles. The quantitative estimate of drug-likeness (QED) is 0.746. The molecule has 28 heavy (non-hydrogen) atoms. The van der Waals surface area contributed by atoms with Gasteiger partial charge in [-0.3, -0.25) is 0 Å². The molecular weight excluding hydrogens is 370 g/mol. The normalized spacial score (nSPS) is 16.3. The minimum absolute atomic E-state index is 0.124. The maximum absolute atomic E-state index is 12.9. The Morgan fingerprint density at radius 1 is 1.04 bits per heavy atom. The number of sulfonamides is 1. The van der Waals surface area contributed by atoms with Gasteiger partial charge in [0.2, 0.25) is 10.0 Å². The average molecular weight is 403 g/mol. The Morgan fingerprint density at radius 2 is 1.68 bits per heavy atom. The van der Waals surface area contributed by atoms with Gasteiger partial charge in [0.1, 0.15) is 6.04 Å². The van der Waals surface area contributed by atoms with Crippen molar-refractivity contribution in [1.29, 1.82) is 0 Å². The third-order valence-corrected chi connectivity index (χ3v) is 7.23. The molecule has 2 N–H and O–H groups in total. The summed E-state index contributed by atoms with van der Waals surface area (Å²) in [5, 5.41) is 0. The Kier molecular flexibility index (Phi) is 6.43. The molecule has 1 fully saturated rings. The van der Waals surface area contributed by atoms with Crippen molar-refractivity contribution in [3.05, 3.63) is 59.2 Å². The molecule has 0 spiro atoms. The molecule has 0 amide bonds. The molecule has 2 aromatic rings. The van der Waals surface area contributed by atoms with Crippen LogP contribution < -0.4 is 14.5 Å². The third-order valence-electron chi connectivity index (χ3n) is 5.65. The maximum Gasteiger partial charge on any atom is 0.241 e. The highest BCUT2D eigenvalue weighted by Crippen LogP contribution is 2.19. The van der Waals surface area contributed by atoms with Crippen molar-refractivity contribution in [3.8, 4) is 0 Å². The van der Waals surface area contributed by atoms with Gasteiger partial charge in [-0.2, -0.15) is 0 Å². The van der Waals surface area contributed by atoms with Gasteiger partial charge in [-0.1, -0.05) is 29.8 Å². The topological polar surface area (TPSA) is 53.9 Å². The first-order chi connectivity index (χ1) is 13.3. The van der Waals surface area contributed by atoms with E-state index in [0.717, 1.165) is 29.9 Å². The van der Waals surface area contributed by atoms with E-state index in [4.69, 9.17) is 0 Å². The second-order valence-corrected chi connectivity index (χ2v) is 9.76. The van der Waals surface area contributed by atoms with Gasteiger partial charge in [0.05, 0.1) is 24.5 Å². The fourth-order valence-corrected chi connectivity index (χ4v) is 5.32. The molecule has 6 heteroatoms. The second kappa shape index (κ2) is 8.64. The smallest absolute Gasteiger partial charge is 0.241 e. The van der Waals surface area contributed by atoms with Gasteiger partial charge in [-0.25, -0.2) is 13.1 Å². The molecule has 3 rings (SSSR count). The summed E-state index contributed by atoms with van der Waals surface area (Å²) >= 11 is 0. The standard InChI is InChI=1S/C22H31N3O2S/c1-17-7-12-22(18(2)15-17)28(26,27)23-16-21(25-13-5-6-14-25)19-8-10-20(11-9-19)24(3)4/h7-12,15,21,23H,5-6,13-14,16H2,1-4H3/p+1/t21-/m0/s1. The molecule has 5 nitrogen and oxygen atoms in total. The van der Waals surface area contributed by atoms with E-state index in [1.165, 1.54) is 23.3 Å². The van der Waals surface area contributed by atoms with Crippen LogP contribution in [0.1, 0.15) is 35.6 Å². The second-order valence-electron chi connectivity index (χ2n) is 8.02. The zero-order valence-electron chi connectivity index (χ0n) is 17.3. The van der Waals surface area contributed by atoms with Crippen molar-refractivity contribution in [2.75, 3.05) is 38.6 Å². The molecule has 1 atom stereocenters. The van der Waals surface area contributed by atoms with E-state index in [2.05, 4.69) is 33.9 Å². The summed E-state index contributed by atoms with van der Waals surface area (Å²) in [6, 6.07) is 14.1. The predicted octanol–water partition coefficient (Wildman–Crippen LogP) is 2.07. The first-order valence-electron chi connectivity index (χ1n) is 9.97. The Hall–Kier alpha value is -1.89. The number of quaternary nitrogens is 1. The Balaban J connectivity index is 1.81. The van der Waals surface area contributed by atoms with Crippen molar-refractivity contribution in [2.24, 2.45) is 0 Å². The Bertz CT molecular complexity index is 902. The van der Waals surface area contributed by atoms with Crippen LogP contribution in [0.4, 0.5) is 5.69 Å². The summed E-state index contributed by atoms with van der Waals surface area (Å²) in [4.78, 5) is 3.90. The van der Waals surface area contributed by atoms with Crippen molar-refractivity contribution in [1.82, 2.24) is 4.72 Å². The molecule has 0 aliphatic carbocycles. The van der Waals surface area contributed by atoms with E-state index in [-0.39, 0.29) is 6.04 Å². The maximum atomic E-state index is 12.9. The summed E-state index contributed by atoms with van der Waals surface area (Å²) < 4.78 is 28.8. The van der Waals surface area contributed by atoms with E-state index in [1.807, 2.05) is 40.1 Å². The van der Waals surface area contributed by atoms with Crippen LogP contribution in [-0.2, 0) is 10.0 Å². The van der Waals surface area contributed by atoms with Crippen LogP contribution in [0.5, 0.6) is 0 Å². The number of hydrogen-bond acceptors (Lipinski definition) is 3. The highest BCUT2D eigenvalue weighted by molar-refractivity contribution is 7.89. The molecule has 1 saturated heterocycles. The lowest BCUT2D eigenvalue weighted by atomic mass is 10.1. The minimum Gasteiger partial charge on any atom is -0.378 e. The van der Waals surface area contributed by atoms with Gasteiger partial charge in [-0.05, 0) is 37.6 Å². The van der Waals surface area contributed by atoms with E-state index in [0.29, 0.717) is 11.4 Å². The molecule has 0 bridgehead atoms. The number of aryl methyl sites for hydroxylation is 2. The molecule has 152 valence electrons. The van der Waals surface area contributed by atoms with Gasteiger partial charge in [0.25, 0.3) is 0 Å². The van der Waals surface area contributed by atoms with Gasteiger partial charge in [0, 0.05) is 38.2 Å². The van der Waals surface area contributed by atoms with Crippen LogP contribution in [-0.4, -0.2) is 42.1 Å². The Labute approximate surface area is 169 Å². The van der Waals surface area contributed by atoms with Crippen LogP contribution in [0.25, 0.3) is 0 Å². The first-order valence-corrected chi connectivity index (χ1v) is 11.4. The molecule has 0 radical (unpaired) electrons. The lowest BCUT2D eigenvalue weighted by Gasteiger charge is -2.26. The molecule has 0 saturated carbocycles. The van der Waals surface area contributed by atoms with Crippen LogP contribution in [0, 0.1) is 13.8 Å². The number of anilines is 1. The fourth-order valence-electron chi connectivity index (χ4n) is 4.05. The fraction of sp³-hybridized carbons (Fsp3) is 0.455. The van der Waals surface area contributed by atoms with Crippen LogP contribution >= 0.6 is 0 Å². The zero-order valence-corrected chi connectivity index (χ0v) is 18.1. The van der Waals surface area contributed by atoms with Gasteiger partial charge >= 0.3 is 0 Å². The molecule has 0 unspecified atom stereocenters. The van der Waals surface area contributed by atoms with E-state index >= 15 is 0 Å². The lowest BCUT2D eigenvalue weighted by Crippen LogP contribution is -3.11. The highest BCUT2D eigenvalue weighted by Gasteiger charge is 2.29. The van der Waals surface area contributed by atoms with Gasteiger partial charge in [0.15, 0.2) is 0 Å². The SMILES string of the molecule is Cc1ccc(S(=O)(=O)NC[C@@H](c2ccc(N(C)C)cc2)[NH+]2CCCC2)c(C)c1. The van der Waals surface area contributed by atoms with Crippen LogP contribution in [0.15, 0.2) is 47.4 Å². The third kappa shape index (κ3) is 4.74. The number of nitrogens with one attached hydrogen (secondary N) is 2. The average Bonchev–Trinajstić information content (AvgIpc) is 3.16. The lowest BCUT2D eigenvalue weighted by molar-refractivity contribution is -0.918. The number of benzene rings is 2. The van der Waals surface area contributed by atoms with Crippen molar-refractivity contribution < 1.29 is 13.3 Å². The van der Waals surface area contributed by atoms with Crippen LogP contribution in [0.2, 0.25) is 0 Å².